The highest BCUT2D eigenvalue weighted by Gasteiger charge is 2.13. The highest BCUT2D eigenvalue weighted by molar-refractivity contribution is 6.34. The van der Waals surface area contributed by atoms with E-state index in [4.69, 9.17) is 11.6 Å². The van der Waals surface area contributed by atoms with Gasteiger partial charge in [0.15, 0.2) is 5.78 Å². The molecule has 0 aliphatic rings. The lowest BCUT2D eigenvalue weighted by molar-refractivity contribution is 0.0990. The molecule has 18 heavy (non-hydrogen) atoms. The number of ketones is 1. The number of aryl methyl sites for hydroxylation is 1. The summed E-state index contributed by atoms with van der Waals surface area (Å²) in [6.45, 7) is 2.98. The van der Waals surface area contributed by atoms with Crippen molar-refractivity contribution in [2.45, 2.75) is 26.3 Å². The van der Waals surface area contributed by atoms with Crippen LogP contribution in [0.1, 0.15) is 29.5 Å². The van der Waals surface area contributed by atoms with Crippen molar-refractivity contribution in [3.8, 4) is 0 Å². The number of carbonyl (C=O) groups is 1. The number of carbonyl (C=O) groups excluding carboxylic acids is 1. The molecule has 0 aliphatic carbocycles. The molecule has 0 aliphatic heterocycles. The Morgan fingerprint density at radius 1 is 1.39 bits per heavy atom. The summed E-state index contributed by atoms with van der Waals surface area (Å²) in [7, 11) is 0. The Bertz CT molecular complexity index is 548. The predicted molar refractivity (Wildman–Crippen MR) is 72.0 cm³/mol. The first-order valence-corrected chi connectivity index (χ1v) is 6.38. The molecule has 0 amide bonds. The standard InChI is InChI=1S/C14H15ClN2O/c1-2-8-17-9-7-16-14(17)10-13(18)11-5-3-4-6-12(11)15/h3-7,9H,2,8,10H2,1H3. The molecule has 0 N–H and O–H groups in total. The van der Waals surface area contributed by atoms with Gasteiger partial charge in [-0.25, -0.2) is 4.98 Å². The van der Waals surface area contributed by atoms with Crippen LogP contribution >= 0.6 is 11.6 Å². The topological polar surface area (TPSA) is 34.9 Å². The number of benzene rings is 1. The summed E-state index contributed by atoms with van der Waals surface area (Å²) in [5.74, 6) is 0.797. The molecule has 1 aromatic carbocycles. The van der Waals surface area contributed by atoms with Gasteiger partial charge in [0.05, 0.1) is 11.4 Å². The lowest BCUT2D eigenvalue weighted by Gasteiger charge is -2.06. The van der Waals surface area contributed by atoms with Gasteiger partial charge in [0.25, 0.3) is 0 Å². The van der Waals surface area contributed by atoms with E-state index in [1.54, 1.807) is 18.3 Å². The second-order valence-corrected chi connectivity index (χ2v) is 4.52. The minimum Gasteiger partial charge on any atom is -0.335 e. The third kappa shape index (κ3) is 2.79. The van der Waals surface area contributed by atoms with Crippen LogP contribution < -0.4 is 0 Å². The van der Waals surface area contributed by atoms with Crippen LogP contribution in [0.5, 0.6) is 0 Å². The smallest absolute Gasteiger partial charge is 0.171 e. The van der Waals surface area contributed by atoms with E-state index in [-0.39, 0.29) is 12.2 Å². The zero-order valence-electron chi connectivity index (χ0n) is 10.3. The summed E-state index contributed by atoms with van der Waals surface area (Å²) in [6, 6.07) is 7.11. The Kier molecular flexibility index (Phi) is 4.15. The molecule has 0 fully saturated rings. The average molecular weight is 263 g/mol. The molecular formula is C14H15ClN2O. The van der Waals surface area contributed by atoms with Crippen molar-refractivity contribution < 1.29 is 4.79 Å². The van der Waals surface area contributed by atoms with E-state index < -0.39 is 0 Å². The quantitative estimate of drug-likeness (QED) is 0.775. The third-order valence-electron chi connectivity index (χ3n) is 2.76. The Balaban J connectivity index is 2.17. The molecule has 0 spiro atoms. The molecule has 0 atom stereocenters. The molecule has 94 valence electrons. The maximum Gasteiger partial charge on any atom is 0.171 e. The predicted octanol–water partition coefficient (Wildman–Crippen LogP) is 3.37. The van der Waals surface area contributed by atoms with E-state index in [0.29, 0.717) is 10.6 Å². The van der Waals surface area contributed by atoms with Gasteiger partial charge in [-0.2, -0.15) is 0 Å². The summed E-state index contributed by atoms with van der Waals surface area (Å²) in [5, 5.41) is 0.496. The van der Waals surface area contributed by atoms with Crippen molar-refractivity contribution in [3.63, 3.8) is 0 Å². The SMILES string of the molecule is CCCn1ccnc1CC(=O)c1ccccc1Cl. The lowest BCUT2D eigenvalue weighted by atomic mass is 10.1. The summed E-state index contributed by atoms with van der Waals surface area (Å²) in [4.78, 5) is 16.4. The first-order chi connectivity index (χ1) is 8.72. The van der Waals surface area contributed by atoms with Crippen molar-refractivity contribution in [2.75, 3.05) is 0 Å². The molecule has 0 bridgehead atoms. The summed E-state index contributed by atoms with van der Waals surface area (Å²) in [6.07, 6.45) is 4.93. The fourth-order valence-corrected chi connectivity index (χ4v) is 2.12. The van der Waals surface area contributed by atoms with Crippen LogP contribution in [-0.2, 0) is 13.0 Å². The van der Waals surface area contributed by atoms with E-state index in [9.17, 15) is 4.79 Å². The Morgan fingerprint density at radius 2 is 2.17 bits per heavy atom. The van der Waals surface area contributed by atoms with Crippen molar-refractivity contribution >= 4 is 17.4 Å². The maximum absolute atomic E-state index is 12.2. The van der Waals surface area contributed by atoms with Crippen molar-refractivity contribution in [3.05, 3.63) is 53.1 Å². The molecular weight excluding hydrogens is 248 g/mol. The molecule has 2 rings (SSSR count). The second kappa shape index (κ2) is 5.83. The van der Waals surface area contributed by atoms with E-state index in [2.05, 4.69) is 11.9 Å². The second-order valence-electron chi connectivity index (χ2n) is 4.12. The molecule has 0 saturated carbocycles. The van der Waals surface area contributed by atoms with Gasteiger partial charge < -0.3 is 4.57 Å². The van der Waals surface area contributed by atoms with Gasteiger partial charge in [0.1, 0.15) is 5.82 Å². The zero-order valence-corrected chi connectivity index (χ0v) is 11.0. The van der Waals surface area contributed by atoms with Gasteiger partial charge in [-0.15, -0.1) is 0 Å². The van der Waals surface area contributed by atoms with Crippen molar-refractivity contribution in [1.82, 2.24) is 9.55 Å². The maximum atomic E-state index is 12.2. The molecule has 3 nitrogen and oxygen atoms in total. The lowest BCUT2D eigenvalue weighted by Crippen LogP contribution is -2.10. The van der Waals surface area contributed by atoms with Crippen LogP contribution in [0.15, 0.2) is 36.7 Å². The van der Waals surface area contributed by atoms with E-state index in [0.717, 1.165) is 18.8 Å². The van der Waals surface area contributed by atoms with Gasteiger partial charge in [0.2, 0.25) is 0 Å². The minimum atomic E-state index is 0.00385. The van der Waals surface area contributed by atoms with Crippen molar-refractivity contribution in [2.24, 2.45) is 0 Å². The number of hydrogen-bond donors (Lipinski definition) is 0. The van der Waals surface area contributed by atoms with Gasteiger partial charge in [-0.1, -0.05) is 30.7 Å². The highest BCUT2D eigenvalue weighted by Crippen LogP contribution is 2.17. The summed E-state index contributed by atoms with van der Waals surface area (Å²) >= 11 is 6.01. The fourth-order valence-electron chi connectivity index (χ4n) is 1.88. The monoisotopic (exact) mass is 262 g/mol. The van der Waals surface area contributed by atoms with Gasteiger partial charge in [-0.3, -0.25) is 4.79 Å². The summed E-state index contributed by atoms with van der Waals surface area (Å²) in [5.41, 5.74) is 0.560. The Labute approximate surface area is 111 Å². The number of halogens is 1. The molecule has 1 heterocycles. The fraction of sp³-hybridized carbons (Fsp3) is 0.286. The van der Waals surface area contributed by atoms with Crippen LogP contribution in [0, 0.1) is 0 Å². The van der Waals surface area contributed by atoms with E-state index >= 15 is 0 Å². The van der Waals surface area contributed by atoms with Crippen LogP contribution in [0.25, 0.3) is 0 Å². The molecule has 0 unspecified atom stereocenters. The minimum absolute atomic E-state index is 0.00385. The van der Waals surface area contributed by atoms with Crippen molar-refractivity contribution in [1.29, 1.82) is 0 Å². The van der Waals surface area contributed by atoms with Crippen LogP contribution in [-0.4, -0.2) is 15.3 Å². The van der Waals surface area contributed by atoms with E-state index in [1.807, 2.05) is 22.9 Å². The number of rotatable bonds is 5. The van der Waals surface area contributed by atoms with Crippen LogP contribution in [0.4, 0.5) is 0 Å². The van der Waals surface area contributed by atoms with Gasteiger partial charge in [0, 0.05) is 24.5 Å². The normalized spacial score (nSPS) is 10.6. The number of hydrogen-bond acceptors (Lipinski definition) is 2. The summed E-state index contributed by atoms with van der Waals surface area (Å²) < 4.78 is 2.01. The molecule has 0 saturated heterocycles. The highest BCUT2D eigenvalue weighted by atomic mass is 35.5. The molecule has 2 aromatic rings. The molecule has 1 aromatic heterocycles. The first kappa shape index (κ1) is 12.8. The number of nitrogens with zero attached hydrogens (tertiary/aromatic N) is 2. The number of Topliss-reactive ketones (excluding diaryl/α,β-unsaturated/α-hetero) is 1. The number of aromatic nitrogens is 2. The molecule has 0 radical (unpaired) electrons. The van der Waals surface area contributed by atoms with Gasteiger partial charge in [-0.05, 0) is 18.6 Å². The average Bonchev–Trinajstić information content (AvgIpc) is 2.78. The Morgan fingerprint density at radius 3 is 2.89 bits per heavy atom. The van der Waals surface area contributed by atoms with Crippen LogP contribution in [0.2, 0.25) is 5.02 Å². The number of imidazole rings is 1. The third-order valence-corrected chi connectivity index (χ3v) is 3.09. The van der Waals surface area contributed by atoms with Gasteiger partial charge >= 0.3 is 0 Å². The largest absolute Gasteiger partial charge is 0.335 e. The van der Waals surface area contributed by atoms with E-state index in [1.165, 1.54) is 0 Å². The first-order valence-electron chi connectivity index (χ1n) is 6.00. The molecule has 4 heteroatoms. The zero-order chi connectivity index (χ0) is 13.0. The van der Waals surface area contributed by atoms with Crippen LogP contribution in [0.3, 0.4) is 0 Å². The Hall–Kier alpha value is -1.61.